The zero-order chi connectivity index (χ0) is 16.3. The minimum Gasteiger partial charge on any atom is -0.347 e. The maximum Gasteiger partial charge on any atom is 0.317 e. The molecule has 2 aliphatic heterocycles. The van der Waals surface area contributed by atoms with E-state index in [1.54, 1.807) is 11.3 Å². The number of likely N-dealkylation sites (tertiary alicyclic amines) is 1. The molecule has 3 heterocycles. The highest BCUT2D eigenvalue weighted by Gasteiger charge is 2.42. The molecule has 5 nitrogen and oxygen atoms in total. The van der Waals surface area contributed by atoms with Gasteiger partial charge in [-0.15, -0.1) is 0 Å². The second-order valence-electron chi connectivity index (χ2n) is 6.68. The first-order valence-electron chi connectivity index (χ1n) is 8.41. The van der Waals surface area contributed by atoms with E-state index < -0.39 is 5.79 Å². The highest BCUT2D eigenvalue weighted by atomic mass is 32.1. The van der Waals surface area contributed by atoms with Crippen LogP contribution in [-0.4, -0.2) is 49.1 Å². The average Bonchev–Trinajstić information content (AvgIpc) is 3.20. The number of urea groups is 1. The van der Waals surface area contributed by atoms with Gasteiger partial charge in [-0.05, 0) is 55.5 Å². The highest BCUT2D eigenvalue weighted by molar-refractivity contribution is 7.07. The molecular weight excluding hydrogens is 312 g/mol. The van der Waals surface area contributed by atoms with Crippen LogP contribution in [0.3, 0.4) is 0 Å². The summed E-state index contributed by atoms with van der Waals surface area (Å²) in [6.07, 6.45) is 2.92. The van der Waals surface area contributed by atoms with Crippen molar-refractivity contribution in [2.45, 2.75) is 44.9 Å². The summed E-state index contributed by atoms with van der Waals surface area (Å²) >= 11 is 1.69. The lowest BCUT2D eigenvalue weighted by molar-refractivity contribution is -0.189. The molecule has 1 aromatic heterocycles. The molecule has 0 bridgehead atoms. The number of carbonyl (C=O) groups excluding carboxylic acids is 1. The molecule has 128 valence electrons. The molecule has 1 N–H and O–H groups in total. The molecule has 0 saturated carbocycles. The van der Waals surface area contributed by atoms with E-state index in [2.05, 4.69) is 29.1 Å². The smallest absolute Gasteiger partial charge is 0.317 e. The summed E-state index contributed by atoms with van der Waals surface area (Å²) in [7, 11) is 0. The first kappa shape index (κ1) is 16.7. The van der Waals surface area contributed by atoms with Gasteiger partial charge in [0.15, 0.2) is 5.79 Å². The number of thiophene rings is 1. The largest absolute Gasteiger partial charge is 0.347 e. The van der Waals surface area contributed by atoms with Crippen molar-refractivity contribution in [1.29, 1.82) is 0 Å². The Hall–Kier alpha value is -1.11. The zero-order valence-electron chi connectivity index (χ0n) is 13.9. The molecule has 2 saturated heterocycles. The highest BCUT2D eigenvalue weighted by Crippen LogP contribution is 2.34. The van der Waals surface area contributed by atoms with E-state index in [1.165, 1.54) is 5.56 Å². The molecule has 1 aromatic rings. The van der Waals surface area contributed by atoms with Gasteiger partial charge in [0, 0.05) is 25.0 Å². The maximum absolute atomic E-state index is 12.5. The molecule has 0 aliphatic carbocycles. The SMILES string of the molecule is C[C@@H](Cc1ccsc1)NC(=O)N1CCC[C@H](C2(C)OCCO2)C1. The average molecular weight is 338 g/mol. The fraction of sp³-hybridized carbons (Fsp3) is 0.706. The number of piperidine rings is 1. The van der Waals surface area contributed by atoms with Gasteiger partial charge in [0.25, 0.3) is 0 Å². The van der Waals surface area contributed by atoms with Crippen LogP contribution in [0.5, 0.6) is 0 Å². The van der Waals surface area contributed by atoms with Crippen molar-refractivity contribution in [3.63, 3.8) is 0 Å². The van der Waals surface area contributed by atoms with Gasteiger partial charge in [-0.2, -0.15) is 11.3 Å². The third-order valence-corrected chi connectivity index (χ3v) is 5.53. The maximum atomic E-state index is 12.5. The van der Waals surface area contributed by atoms with Crippen LogP contribution in [0.1, 0.15) is 32.3 Å². The van der Waals surface area contributed by atoms with Crippen molar-refractivity contribution in [3.8, 4) is 0 Å². The Morgan fingerprint density at radius 1 is 1.52 bits per heavy atom. The van der Waals surface area contributed by atoms with E-state index in [0.717, 1.165) is 25.8 Å². The summed E-state index contributed by atoms with van der Waals surface area (Å²) < 4.78 is 11.6. The van der Waals surface area contributed by atoms with E-state index in [-0.39, 0.29) is 18.0 Å². The van der Waals surface area contributed by atoms with E-state index in [4.69, 9.17) is 9.47 Å². The van der Waals surface area contributed by atoms with E-state index in [9.17, 15) is 4.79 Å². The number of ether oxygens (including phenoxy) is 2. The molecular formula is C17H26N2O3S. The van der Waals surface area contributed by atoms with Crippen molar-refractivity contribution < 1.29 is 14.3 Å². The molecule has 2 fully saturated rings. The lowest BCUT2D eigenvalue weighted by Gasteiger charge is -2.40. The number of hydrogen-bond donors (Lipinski definition) is 1. The van der Waals surface area contributed by atoms with Crippen LogP contribution in [0.2, 0.25) is 0 Å². The quantitative estimate of drug-likeness (QED) is 0.918. The summed E-state index contributed by atoms with van der Waals surface area (Å²) in [5.41, 5.74) is 1.28. The predicted octanol–water partition coefficient (Wildman–Crippen LogP) is 2.86. The number of amides is 2. The molecule has 3 rings (SSSR count). The topological polar surface area (TPSA) is 50.8 Å². The molecule has 23 heavy (non-hydrogen) atoms. The lowest BCUT2D eigenvalue weighted by Crippen LogP contribution is -2.52. The van der Waals surface area contributed by atoms with Crippen molar-refractivity contribution in [1.82, 2.24) is 10.2 Å². The molecule has 6 heteroatoms. The summed E-state index contributed by atoms with van der Waals surface area (Å²) in [6, 6.07) is 2.27. The fourth-order valence-corrected chi connectivity index (χ4v) is 4.15. The third kappa shape index (κ3) is 4.05. The Kier molecular flexibility index (Phi) is 5.24. The molecule has 0 radical (unpaired) electrons. The van der Waals surface area contributed by atoms with Gasteiger partial charge >= 0.3 is 6.03 Å². The Morgan fingerprint density at radius 3 is 3.00 bits per heavy atom. The van der Waals surface area contributed by atoms with Crippen LogP contribution < -0.4 is 5.32 Å². The zero-order valence-corrected chi connectivity index (χ0v) is 14.7. The van der Waals surface area contributed by atoms with Gasteiger partial charge in [0.1, 0.15) is 0 Å². The Morgan fingerprint density at radius 2 is 2.30 bits per heavy atom. The summed E-state index contributed by atoms with van der Waals surface area (Å²) in [6.45, 7) is 6.87. The Balaban J connectivity index is 1.52. The third-order valence-electron chi connectivity index (χ3n) is 4.80. The van der Waals surface area contributed by atoms with Gasteiger partial charge in [-0.1, -0.05) is 0 Å². The minimum absolute atomic E-state index is 0.0269. The second-order valence-corrected chi connectivity index (χ2v) is 7.46. The Labute approximate surface area is 142 Å². The normalized spacial score (nSPS) is 25.3. The summed E-state index contributed by atoms with van der Waals surface area (Å²) in [5.74, 6) is -0.280. The van der Waals surface area contributed by atoms with Crippen molar-refractivity contribution in [3.05, 3.63) is 22.4 Å². The molecule has 2 aliphatic rings. The number of hydrogen-bond acceptors (Lipinski definition) is 4. The molecule has 0 aromatic carbocycles. The van der Waals surface area contributed by atoms with E-state index in [1.807, 2.05) is 11.8 Å². The van der Waals surface area contributed by atoms with Gasteiger partial charge < -0.3 is 19.7 Å². The second kappa shape index (κ2) is 7.20. The van der Waals surface area contributed by atoms with Crippen LogP contribution in [-0.2, 0) is 15.9 Å². The number of nitrogens with zero attached hydrogens (tertiary/aromatic N) is 1. The first-order chi connectivity index (χ1) is 11.1. The van der Waals surface area contributed by atoms with Gasteiger partial charge in [-0.25, -0.2) is 4.79 Å². The molecule has 0 unspecified atom stereocenters. The summed E-state index contributed by atoms with van der Waals surface area (Å²) in [5, 5.41) is 7.33. The monoisotopic (exact) mass is 338 g/mol. The van der Waals surface area contributed by atoms with Crippen LogP contribution in [0.15, 0.2) is 16.8 Å². The Bertz CT molecular complexity index is 514. The van der Waals surface area contributed by atoms with Gasteiger partial charge in [0.05, 0.1) is 13.2 Å². The van der Waals surface area contributed by atoms with Crippen LogP contribution in [0.25, 0.3) is 0 Å². The number of nitrogens with one attached hydrogen (secondary N) is 1. The number of carbonyl (C=O) groups is 1. The predicted molar refractivity (Wildman–Crippen MR) is 90.6 cm³/mol. The fourth-order valence-electron chi connectivity index (χ4n) is 3.47. The van der Waals surface area contributed by atoms with Crippen LogP contribution in [0, 0.1) is 5.92 Å². The van der Waals surface area contributed by atoms with E-state index in [0.29, 0.717) is 19.8 Å². The number of rotatable bonds is 4. The van der Waals surface area contributed by atoms with Gasteiger partial charge in [-0.3, -0.25) is 0 Å². The molecule has 2 atom stereocenters. The molecule has 0 spiro atoms. The van der Waals surface area contributed by atoms with Gasteiger partial charge in [0.2, 0.25) is 0 Å². The lowest BCUT2D eigenvalue weighted by atomic mass is 9.90. The van der Waals surface area contributed by atoms with Crippen LogP contribution >= 0.6 is 11.3 Å². The first-order valence-corrected chi connectivity index (χ1v) is 9.35. The molecule has 2 amide bonds. The van der Waals surface area contributed by atoms with Crippen molar-refractivity contribution in [2.24, 2.45) is 5.92 Å². The summed E-state index contributed by atoms with van der Waals surface area (Å²) in [4.78, 5) is 14.4. The standard InChI is InChI=1S/C17H26N2O3S/c1-13(10-14-5-9-23-12-14)18-16(20)19-6-3-4-15(11-19)17(2)21-7-8-22-17/h5,9,12-13,15H,3-4,6-8,10-11H2,1-2H3,(H,18,20)/t13-,15-/m0/s1. The van der Waals surface area contributed by atoms with E-state index >= 15 is 0 Å². The van der Waals surface area contributed by atoms with Crippen LogP contribution in [0.4, 0.5) is 4.79 Å². The minimum atomic E-state index is -0.527. The van der Waals surface area contributed by atoms with Crippen molar-refractivity contribution >= 4 is 17.4 Å². The van der Waals surface area contributed by atoms with Crippen molar-refractivity contribution in [2.75, 3.05) is 26.3 Å².